The van der Waals surface area contributed by atoms with Gasteiger partial charge in [-0.1, -0.05) is 20.4 Å². The van der Waals surface area contributed by atoms with E-state index in [2.05, 4.69) is 11.9 Å². The molecule has 0 fully saturated rings. The van der Waals surface area contributed by atoms with Crippen LogP contribution in [0.4, 0.5) is 0 Å². The van der Waals surface area contributed by atoms with Crippen LogP contribution >= 0.6 is 7.60 Å². The van der Waals surface area contributed by atoms with Gasteiger partial charge in [0.2, 0.25) is 5.91 Å². The van der Waals surface area contributed by atoms with Crippen molar-refractivity contribution >= 4 is 13.5 Å². The van der Waals surface area contributed by atoms with Gasteiger partial charge in [0.05, 0.1) is 11.7 Å². The molecule has 0 atom stereocenters. The van der Waals surface area contributed by atoms with Crippen molar-refractivity contribution in [2.75, 3.05) is 6.16 Å². The Morgan fingerprint density at radius 1 is 1.47 bits per heavy atom. The molecule has 0 bridgehead atoms. The first-order valence-electron chi connectivity index (χ1n) is 4.77. The average Bonchev–Trinajstić information content (AvgIpc) is 2.14. The van der Waals surface area contributed by atoms with Crippen LogP contribution in [0.2, 0.25) is 0 Å². The number of rotatable bonds is 6. The molecular formula is C9H18NO4P. The topological polar surface area (TPSA) is 86.6 Å². The van der Waals surface area contributed by atoms with Crippen molar-refractivity contribution in [3.05, 3.63) is 12.7 Å². The van der Waals surface area contributed by atoms with Gasteiger partial charge < -0.3 is 15.1 Å². The van der Waals surface area contributed by atoms with Crippen molar-refractivity contribution in [2.24, 2.45) is 0 Å². The molecule has 0 unspecified atom stereocenters. The monoisotopic (exact) mass is 235 g/mol. The van der Waals surface area contributed by atoms with Gasteiger partial charge in [0, 0.05) is 0 Å². The van der Waals surface area contributed by atoms with Gasteiger partial charge in [-0.25, -0.2) is 0 Å². The number of carbonyl (C=O) groups is 1. The Morgan fingerprint density at radius 3 is 2.20 bits per heavy atom. The minimum absolute atomic E-state index is 0.341. The van der Waals surface area contributed by atoms with Crippen molar-refractivity contribution < 1.29 is 19.1 Å². The van der Waals surface area contributed by atoms with E-state index in [4.69, 9.17) is 9.79 Å². The highest BCUT2D eigenvalue weighted by atomic mass is 31.2. The average molecular weight is 235 g/mol. The second-order valence-electron chi connectivity index (χ2n) is 3.50. The maximum atomic E-state index is 11.1. The molecule has 0 heterocycles. The summed E-state index contributed by atoms with van der Waals surface area (Å²) in [5.41, 5.74) is -0.843. The van der Waals surface area contributed by atoms with Gasteiger partial charge in [0.15, 0.2) is 0 Å². The van der Waals surface area contributed by atoms with Crippen LogP contribution in [0, 0.1) is 0 Å². The highest BCUT2D eigenvalue weighted by Crippen LogP contribution is 2.40. The molecule has 6 heteroatoms. The van der Waals surface area contributed by atoms with Crippen LogP contribution in [0.5, 0.6) is 0 Å². The Labute approximate surface area is 89.7 Å². The Hall–Kier alpha value is -0.640. The van der Waals surface area contributed by atoms with E-state index < -0.39 is 19.0 Å². The second-order valence-corrected chi connectivity index (χ2v) is 5.15. The van der Waals surface area contributed by atoms with Gasteiger partial charge in [0.25, 0.3) is 0 Å². The fourth-order valence-corrected chi connectivity index (χ4v) is 2.71. The van der Waals surface area contributed by atoms with Crippen molar-refractivity contribution in [1.82, 2.24) is 5.32 Å². The molecule has 0 aromatic heterocycles. The molecule has 0 aliphatic carbocycles. The summed E-state index contributed by atoms with van der Waals surface area (Å²) in [6.07, 6.45) is 1.69. The lowest BCUT2D eigenvalue weighted by molar-refractivity contribution is -0.118. The third-order valence-electron chi connectivity index (χ3n) is 2.44. The smallest absolute Gasteiger partial charge is 0.327 e. The van der Waals surface area contributed by atoms with Gasteiger partial charge in [0.1, 0.15) is 0 Å². The Morgan fingerprint density at radius 2 is 1.93 bits per heavy atom. The maximum Gasteiger partial charge on any atom is 0.327 e. The first-order valence-corrected chi connectivity index (χ1v) is 6.57. The molecule has 0 aliphatic rings. The lowest BCUT2D eigenvalue weighted by Crippen LogP contribution is -2.49. The van der Waals surface area contributed by atoms with Crippen molar-refractivity contribution in [1.29, 1.82) is 0 Å². The SMILES string of the molecule is C=CC(=O)NC(CC)(CC)CP(=O)(O)O. The highest BCUT2D eigenvalue weighted by Gasteiger charge is 2.34. The van der Waals surface area contributed by atoms with Crippen LogP contribution in [-0.4, -0.2) is 27.4 Å². The molecule has 0 rings (SSSR count). The summed E-state index contributed by atoms with van der Waals surface area (Å²) >= 11 is 0. The predicted octanol–water partition coefficient (Wildman–Crippen LogP) is 1.03. The Balaban J connectivity index is 4.80. The molecule has 1 amide bonds. The summed E-state index contributed by atoms with van der Waals surface area (Å²) in [5, 5.41) is 2.59. The van der Waals surface area contributed by atoms with Crippen LogP contribution in [0.3, 0.4) is 0 Å². The van der Waals surface area contributed by atoms with E-state index in [1.165, 1.54) is 0 Å². The fourth-order valence-electron chi connectivity index (χ4n) is 1.40. The van der Waals surface area contributed by atoms with Crippen molar-refractivity contribution in [2.45, 2.75) is 32.2 Å². The largest absolute Gasteiger partial charge is 0.347 e. The minimum atomic E-state index is -4.14. The zero-order valence-electron chi connectivity index (χ0n) is 9.06. The molecule has 3 N–H and O–H groups in total. The standard InChI is InChI=1S/C9H18NO4P/c1-4-8(11)10-9(5-2,6-3)7-15(12,13)14/h4H,1,5-7H2,2-3H3,(H,10,11)(H2,12,13,14). The molecule has 0 saturated heterocycles. The third kappa shape index (κ3) is 5.11. The quantitative estimate of drug-likeness (QED) is 0.474. The van der Waals surface area contributed by atoms with Crippen LogP contribution in [-0.2, 0) is 9.36 Å². The molecule has 5 nitrogen and oxygen atoms in total. The van der Waals surface area contributed by atoms with Gasteiger partial charge in [-0.05, 0) is 18.9 Å². The molecular weight excluding hydrogens is 217 g/mol. The second kappa shape index (κ2) is 5.45. The van der Waals surface area contributed by atoms with Crippen LogP contribution in [0.25, 0.3) is 0 Å². The van der Waals surface area contributed by atoms with E-state index in [9.17, 15) is 9.36 Å². The summed E-state index contributed by atoms with van der Waals surface area (Å²) < 4.78 is 11.0. The van der Waals surface area contributed by atoms with E-state index in [0.29, 0.717) is 12.8 Å². The van der Waals surface area contributed by atoms with Gasteiger partial charge >= 0.3 is 7.60 Å². The van der Waals surface area contributed by atoms with E-state index in [-0.39, 0.29) is 6.16 Å². The summed E-state index contributed by atoms with van der Waals surface area (Å²) in [6, 6.07) is 0. The Bertz CT molecular complexity index is 280. The zero-order valence-corrected chi connectivity index (χ0v) is 9.96. The third-order valence-corrected chi connectivity index (χ3v) is 3.45. The summed E-state index contributed by atoms with van der Waals surface area (Å²) in [5.74, 6) is -0.410. The molecule has 15 heavy (non-hydrogen) atoms. The summed E-state index contributed by atoms with van der Waals surface area (Å²) in [4.78, 5) is 29.0. The van der Waals surface area contributed by atoms with Gasteiger partial charge in [-0.3, -0.25) is 9.36 Å². The highest BCUT2D eigenvalue weighted by molar-refractivity contribution is 7.51. The Kier molecular flexibility index (Phi) is 5.21. The number of amides is 1. The minimum Gasteiger partial charge on any atom is -0.347 e. The number of hydrogen-bond donors (Lipinski definition) is 3. The summed E-state index contributed by atoms with van der Waals surface area (Å²) in [7, 11) is -4.14. The van der Waals surface area contributed by atoms with Crippen molar-refractivity contribution in [3.63, 3.8) is 0 Å². The summed E-state index contributed by atoms with van der Waals surface area (Å²) in [6.45, 7) is 6.86. The predicted molar refractivity (Wildman–Crippen MR) is 58.6 cm³/mol. The molecule has 0 aromatic carbocycles. The van der Waals surface area contributed by atoms with Crippen LogP contribution in [0.1, 0.15) is 26.7 Å². The van der Waals surface area contributed by atoms with Crippen molar-refractivity contribution in [3.8, 4) is 0 Å². The maximum absolute atomic E-state index is 11.1. The molecule has 0 radical (unpaired) electrons. The van der Waals surface area contributed by atoms with E-state index in [1.54, 1.807) is 13.8 Å². The molecule has 0 aromatic rings. The number of carbonyl (C=O) groups excluding carboxylic acids is 1. The molecule has 0 saturated carbocycles. The van der Waals surface area contributed by atoms with Gasteiger partial charge in [-0.2, -0.15) is 0 Å². The fraction of sp³-hybridized carbons (Fsp3) is 0.667. The normalized spacial score (nSPS) is 12.3. The zero-order chi connectivity index (χ0) is 12.1. The van der Waals surface area contributed by atoms with Crippen LogP contribution < -0.4 is 5.32 Å². The lowest BCUT2D eigenvalue weighted by Gasteiger charge is -2.32. The number of hydrogen-bond acceptors (Lipinski definition) is 2. The first-order chi connectivity index (χ1) is 6.78. The molecule has 0 aliphatic heterocycles. The first kappa shape index (κ1) is 14.4. The molecule has 0 spiro atoms. The number of nitrogens with one attached hydrogen (secondary N) is 1. The van der Waals surface area contributed by atoms with E-state index in [1.807, 2.05) is 0 Å². The molecule has 88 valence electrons. The van der Waals surface area contributed by atoms with E-state index >= 15 is 0 Å². The van der Waals surface area contributed by atoms with E-state index in [0.717, 1.165) is 6.08 Å². The van der Waals surface area contributed by atoms with Gasteiger partial charge in [-0.15, -0.1) is 0 Å². The lowest BCUT2D eigenvalue weighted by atomic mass is 9.95. The van der Waals surface area contributed by atoms with Crippen LogP contribution in [0.15, 0.2) is 12.7 Å².